The van der Waals surface area contributed by atoms with Crippen LogP contribution in [0.15, 0.2) is 90.0 Å². The Hall–Kier alpha value is -3.72. The van der Waals surface area contributed by atoms with Gasteiger partial charge in [0.2, 0.25) is 0 Å². The van der Waals surface area contributed by atoms with Gasteiger partial charge < -0.3 is 9.47 Å². The number of esters is 1. The molecule has 1 N–H and O–H groups in total. The Morgan fingerprint density at radius 1 is 0.909 bits per heavy atom. The van der Waals surface area contributed by atoms with Crippen LogP contribution in [-0.4, -0.2) is 25.2 Å². The molecule has 0 heterocycles. The average molecular weight is 550 g/mol. The number of carbonyl (C=O) groups is 2. The molecule has 0 bridgehead atoms. The van der Waals surface area contributed by atoms with Gasteiger partial charge in [-0.2, -0.15) is 5.10 Å². The molecular formula is C26H19IN2O4. The van der Waals surface area contributed by atoms with E-state index in [2.05, 4.69) is 33.1 Å². The summed E-state index contributed by atoms with van der Waals surface area (Å²) in [6.07, 6.45) is 1.49. The molecule has 0 atom stereocenters. The lowest BCUT2D eigenvalue weighted by atomic mass is 10.0. The maximum Gasteiger partial charge on any atom is 0.343 e. The summed E-state index contributed by atoms with van der Waals surface area (Å²) in [6.45, 7) is 0. The zero-order chi connectivity index (χ0) is 23.2. The Bertz CT molecular complexity index is 1350. The van der Waals surface area contributed by atoms with Gasteiger partial charge >= 0.3 is 5.97 Å². The van der Waals surface area contributed by atoms with E-state index in [1.54, 1.807) is 49.6 Å². The molecule has 6 nitrogen and oxygen atoms in total. The van der Waals surface area contributed by atoms with E-state index in [-0.39, 0.29) is 5.91 Å². The number of hydrogen-bond acceptors (Lipinski definition) is 5. The predicted octanol–water partition coefficient (Wildman–Crippen LogP) is 5.44. The smallest absolute Gasteiger partial charge is 0.343 e. The van der Waals surface area contributed by atoms with Crippen molar-refractivity contribution in [2.75, 3.05) is 7.11 Å². The fraction of sp³-hybridized carbons (Fsp3) is 0.0385. The van der Waals surface area contributed by atoms with Crippen molar-refractivity contribution in [1.29, 1.82) is 0 Å². The van der Waals surface area contributed by atoms with Gasteiger partial charge in [0.05, 0.1) is 24.5 Å². The highest BCUT2D eigenvalue weighted by molar-refractivity contribution is 14.1. The van der Waals surface area contributed by atoms with Gasteiger partial charge in [-0.3, -0.25) is 4.79 Å². The number of rotatable bonds is 6. The van der Waals surface area contributed by atoms with Crippen molar-refractivity contribution in [3.05, 3.63) is 105 Å². The molecule has 7 heteroatoms. The van der Waals surface area contributed by atoms with Crippen molar-refractivity contribution < 1.29 is 19.1 Å². The molecule has 4 rings (SSSR count). The van der Waals surface area contributed by atoms with Gasteiger partial charge in [0.25, 0.3) is 5.91 Å². The van der Waals surface area contributed by atoms with E-state index in [0.717, 1.165) is 14.3 Å². The molecule has 0 aliphatic rings. The van der Waals surface area contributed by atoms with Crippen LogP contribution in [0.1, 0.15) is 26.3 Å². The first-order chi connectivity index (χ1) is 16.1. The third-order valence-corrected chi connectivity index (χ3v) is 5.88. The first kappa shape index (κ1) is 22.5. The zero-order valence-corrected chi connectivity index (χ0v) is 19.8. The summed E-state index contributed by atoms with van der Waals surface area (Å²) < 4.78 is 11.6. The summed E-state index contributed by atoms with van der Waals surface area (Å²) in [5, 5.41) is 5.93. The van der Waals surface area contributed by atoms with Crippen molar-refractivity contribution in [1.82, 2.24) is 5.43 Å². The van der Waals surface area contributed by atoms with Crippen molar-refractivity contribution in [3.8, 4) is 11.5 Å². The van der Waals surface area contributed by atoms with Crippen LogP contribution >= 0.6 is 22.6 Å². The molecular weight excluding hydrogens is 531 g/mol. The first-order valence-electron chi connectivity index (χ1n) is 10.0. The van der Waals surface area contributed by atoms with E-state index in [9.17, 15) is 9.59 Å². The number of benzene rings is 4. The summed E-state index contributed by atoms with van der Waals surface area (Å²) in [7, 11) is 1.56. The summed E-state index contributed by atoms with van der Waals surface area (Å²) in [5.74, 6) is 0.148. The van der Waals surface area contributed by atoms with E-state index in [0.29, 0.717) is 28.2 Å². The normalized spacial score (nSPS) is 10.8. The summed E-state index contributed by atoms with van der Waals surface area (Å²) >= 11 is 2.10. The van der Waals surface area contributed by atoms with Crippen molar-refractivity contribution >= 4 is 51.5 Å². The van der Waals surface area contributed by atoms with Crippen LogP contribution in [0.2, 0.25) is 0 Å². The minimum absolute atomic E-state index is 0.326. The number of nitrogens with zero attached hydrogens (tertiary/aromatic N) is 1. The topological polar surface area (TPSA) is 77.0 Å². The number of hydrogen-bond donors (Lipinski definition) is 1. The van der Waals surface area contributed by atoms with Gasteiger partial charge in [0, 0.05) is 9.13 Å². The number of ether oxygens (including phenoxy) is 2. The van der Waals surface area contributed by atoms with E-state index in [4.69, 9.17) is 9.47 Å². The fourth-order valence-corrected chi connectivity index (χ4v) is 3.88. The molecule has 0 radical (unpaired) electrons. The monoisotopic (exact) mass is 550 g/mol. The number of hydrazone groups is 1. The standard InChI is InChI=1S/C26H19IN2O4/c1-32-19-13-10-18(11-14-19)26(31)33-24-15-12-17-6-2-3-7-20(17)22(24)16-28-29-25(30)21-8-4-5-9-23(21)27/h2-16H,1H3,(H,29,30). The quantitative estimate of drug-likeness (QED) is 0.114. The second-order valence-corrected chi connectivity index (χ2v) is 8.16. The molecule has 4 aromatic rings. The molecule has 0 saturated heterocycles. The molecule has 33 heavy (non-hydrogen) atoms. The van der Waals surface area contributed by atoms with E-state index in [1.807, 2.05) is 42.5 Å². The Labute approximate surface area is 204 Å². The Kier molecular flexibility index (Phi) is 6.99. The second kappa shape index (κ2) is 10.3. The number of nitrogens with one attached hydrogen (secondary N) is 1. The Morgan fingerprint density at radius 3 is 2.39 bits per heavy atom. The number of halogens is 1. The van der Waals surface area contributed by atoms with Crippen LogP contribution < -0.4 is 14.9 Å². The molecule has 0 aliphatic carbocycles. The van der Waals surface area contributed by atoms with E-state index < -0.39 is 5.97 Å². The molecule has 0 aliphatic heterocycles. The van der Waals surface area contributed by atoms with Gasteiger partial charge in [-0.15, -0.1) is 0 Å². The van der Waals surface area contributed by atoms with Crippen molar-refractivity contribution in [3.63, 3.8) is 0 Å². The highest BCUT2D eigenvalue weighted by Gasteiger charge is 2.14. The van der Waals surface area contributed by atoms with Gasteiger partial charge in [-0.05, 0) is 75.8 Å². The van der Waals surface area contributed by atoms with Crippen LogP contribution in [0, 0.1) is 3.57 Å². The number of fused-ring (bicyclic) bond motifs is 1. The first-order valence-corrected chi connectivity index (χ1v) is 11.1. The molecule has 0 saturated carbocycles. The lowest BCUT2D eigenvalue weighted by Crippen LogP contribution is -2.19. The summed E-state index contributed by atoms with van der Waals surface area (Å²) in [4.78, 5) is 25.2. The van der Waals surface area contributed by atoms with Gasteiger partial charge in [-0.1, -0.05) is 42.5 Å². The molecule has 0 spiro atoms. The maximum absolute atomic E-state index is 12.7. The lowest BCUT2D eigenvalue weighted by Gasteiger charge is -2.11. The fourth-order valence-electron chi connectivity index (χ4n) is 3.24. The van der Waals surface area contributed by atoms with E-state index >= 15 is 0 Å². The minimum Gasteiger partial charge on any atom is -0.497 e. The SMILES string of the molecule is COc1ccc(C(=O)Oc2ccc3ccccc3c2C=NNC(=O)c2ccccc2I)cc1. The van der Waals surface area contributed by atoms with Crippen LogP contribution in [0.25, 0.3) is 10.8 Å². The molecule has 1 amide bonds. The minimum atomic E-state index is -0.509. The largest absolute Gasteiger partial charge is 0.497 e. The summed E-state index contributed by atoms with van der Waals surface area (Å²) in [5.41, 5.74) is 4.05. The van der Waals surface area contributed by atoms with Crippen molar-refractivity contribution in [2.45, 2.75) is 0 Å². The third-order valence-electron chi connectivity index (χ3n) is 4.94. The van der Waals surface area contributed by atoms with Gasteiger partial charge in [0.15, 0.2) is 0 Å². The third kappa shape index (κ3) is 5.20. The molecule has 4 aromatic carbocycles. The highest BCUT2D eigenvalue weighted by Crippen LogP contribution is 2.27. The average Bonchev–Trinajstić information content (AvgIpc) is 2.85. The Morgan fingerprint density at radius 2 is 1.64 bits per heavy atom. The second-order valence-electron chi connectivity index (χ2n) is 7.00. The highest BCUT2D eigenvalue weighted by atomic mass is 127. The van der Waals surface area contributed by atoms with Gasteiger partial charge in [0.1, 0.15) is 11.5 Å². The van der Waals surface area contributed by atoms with Gasteiger partial charge in [-0.25, -0.2) is 10.2 Å². The van der Waals surface area contributed by atoms with Crippen LogP contribution in [0.3, 0.4) is 0 Å². The van der Waals surface area contributed by atoms with Crippen molar-refractivity contribution in [2.24, 2.45) is 5.10 Å². The zero-order valence-electron chi connectivity index (χ0n) is 17.6. The number of methoxy groups -OCH3 is 1. The lowest BCUT2D eigenvalue weighted by molar-refractivity contribution is 0.0734. The van der Waals surface area contributed by atoms with Crippen LogP contribution in [0.4, 0.5) is 0 Å². The maximum atomic E-state index is 12.7. The Balaban J connectivity index is 1.62. The van der Waals surface area contributed by atoms with Crippen LogP contribution in [0.5, 0.6) is 11.5 Å². The molecule has 0 aromatic heterocycles. The van der Waals surface area contributed by atoms with E-state index in [1.165, 1.54) is 6.21 Å². The molecule has 0 fully saturated rings. The number of amides is 1. The molecule has 164 valence electrons. The summed E-state index contributed by atoms with van der Waals surface area (Å²) in [6, 6.07) is 25.1. The number of carbonyl (C=O) groups excluding carboxylic acids is 2. The molecule has 0 unspecified atom stereocenters. The predicted molar refractivity (Wildman–Crippen MR) is 136 cm³/mol. The van der Waals surface area contributed by atoms with Crippen LogP contribution in [-0.2, 0) is 0 Å².